The minimum atomic E-state index is -0.654. The number of carbonyl (C=O) groups is 1. The minimum Gasteiger partial charge on any atom is -0.485 e. The summed E-state index contributed by atoms with van der Waals surface area (Å²) in [5, 5.41) is 23.0. The van der Waals surface area contributed by atoms with Crippen LogP contribution in [0.15, 0.2) is 24.3 Å². The molecule has 138 valence electrons. The van der Waals surface area contributed by atoms with Gasteiger partial charge in [0.1, 0.15) is 23.5 Å². The van der Waals surface area contributed by atoms with Crippen LogP contribution in [0.1, 0.15) is 12.0 Å². The summed E-state index contributed by atoms with van der Waals surface area (Å²) < 4.78 is 11.0. The van der Waals surface area contributed by atoms with Gasteiger partial charge in [0.05, 0.1) is 29.9 Å². The monoisotopic (exact) mass is 360 g/mol. The molecule has 1 aromatic rings. The number of rotatable bonds is 7. The van der Waals surface area contributed by atoms with Crippen LogP contribution in [0.2, 0.25) is 0 Å². The Morgan fingerprint density at radius 2 is 2.35 bits per heavy atom. The summed E-state index contributed by atoms with van der Waals surface area (Å²) in [6, 6.07) is 4.19. The van der Waals surface area contributed by atoms with E-state index in [9.17, 15) is 14.9 Å². The van der Waals surface area contributed by atoms with Gasteiger partial charge in [-0.1, -0.05) is 6.08 Å². The number of nitrogens with one attached hydrogen (secondary N) is 1. The van der Waals surface area contributed by atoms with Crippen LogP contribution in [0.3, 0.4) is 0 Å². The standard InChI is InChI=1S/C17H20N4O5/c1-20(2)6-3-4-17(22)19-14-8-12(10-18)15(21(23)24)9-16(14)26-13-5-7-25-11-13/h3-4,8-9,13H,5-7,11H2,1-2H3,(H,19,22)/t13-/m0/s1. The van der Waals surface area contributed by atoms with Crippen LogP contribution in [0.5, 0.6) is 5.75 Å². The molecule has 1 amide bonds. The Kier molecular flexibility index (Phi) is 6.66. The number of anilines is 1. The largest absolute Gasteiger partial charge is 0.485 e. The number of likely N-dealkylation sites (N-methyl/N-ethyl adjacent to an activating group) is 1. The second-order valence-electron chi connectivity index (χ2n) is 5.99. The topological polar surface area (TPSA) is 118 Å². The summed E-state index contributed by atoms with van der Waals surface area (Å²) in [6.07, 6.45) is 3.42. The number of nitro benzene ring substituents is 1. The molecule has 26 heavy (non-hydrogen) atoms. The molecule has 1 fully saturated rings. The van der Waals surface area contributed by atoms with E-state index in [-0.39, 0.29) is 28.8 Å². The maximum atomic E-state index is 12.1. The Hall–Kier alpha value is -2.96. The van der Waals surface area contributed by atoms with E-state index in [1.807, 2.05) is 19.0 Å². The lowest BCUT2D eigenvalue weighted by Crippen LogP contribution is -2.18. The van der Waals surface area contributed by atoms with Crippen molar-refractivity contribution in [2.75, 3.05) is 39.2 Å². The van der Waals surface area contributed by atoms with E-state index < -0.39 is 10.8 Å². The van der Waals surface area contributed by atoms with Gasteiger partial charge in [-0.2, -0.15) is 5.26 Å². The number of benzene rings is 1. The lowest BCUT2D eigenvalue weighted by Gasteiger charge is -2.16. The van der Waals surface area contributed by atoms with E-state index in [0.717, 1.165) is 6.07 Å². The van der Waals surface area contributed by atoms with Crippen molar-refractivity contribution in [3.8, 4) is 11.8 Å². The van der Waals surface area contributed by atoms with E-state index >= 15 is 0 Å². The molecule has 0 spiro atoms. The van der Waals surface area contributed by atoms with Gasteiger partial charge in [-0.25, -0.2) is 0 Å². The van der Waals surface area contributed by atoms with Crippen LogP contribution < -0.4 is 10.1 Å². The molecule has 0 saturated carbocycles. The van der Waals surface area contributed by atoms with Crippen molar-refractivity contribution in [3.05, 3.63) is 40.0 Å². The summed E-state index contributed by atoms with van der Waals surface area (Å²) >= 11 is 0. The number of nitriles is 1. The molecule has 1 saturated heterocycles. The quantitative estimate of drug-likeness (QED) is 0.446. The van der Waals surface area contributed by atoms with E-state index in [2.05, 4.69) is 5.32 Å². The molecule has 1 atom stereocenters. The summed E-state index contributed by atoms with van der Waals surface area (Å²) in [5.74, 6) is -0.280. The van der Waals surface area contributed by atoms with Crippen molar-refractivity contribution in [3.63, 3.8) is 0 Å². The van der Waals surface area contributed by atoms with E-state index in [1.165, 1.54) is 12.1 Å². The predicted octanol–water partition coefficient (Wildman–Crippen LogP) is 1.69. The van der Waals surface area contributed by atoms with Crippen LogP contribution in [-0.2, 0) is 9.53 Å². The lowest BCUT2D eigenvalue weighted by molar-refractivity contribution is -0.385. The molecule has 1 aliphatic rings. The Labute approximate surface area is 150 Å². The minimum absolute atomic E-state index is 0.139. The third-order valence-corrected chi connectivity index (χ3v) is 3.59. The number of nitrogens with zero attached hydrogens (tertiary/aromatic N) is 3. The molecule has 0 aliphatic carbocycles. The normalized spacial score (nSPS) is 16.6. The molecule has 1 heterocycles. The fourth-order valence-corrected chi connectivity index (χ4v) is 2.34. The van der Waals surface area contributed by atoms with Crippen LogP contribution in [0.4, 0.5) is 11.4 Å². The summed E-state index contributed by atoms with van der Waals surface area (Å²) in [6.45, 7) is 1.49. The van der Waals surface area contributed by atoms with Crippen molar-refractivity contribution < 1.29 is 19.2 Å². The van der Waals surface area contributed by atoms with E-state index in [1.54, 1.807) is 12.1 Å². The molecule has 0 bridgehead atoms. The number of nitro groups is 1. The molecule has 0 unspecified atom stereocenters. The van der Waals surface area contributed by atoms with Crippen molar-refractivity contribution >= 4 is 17.3 Å². The van der Waals surface area contributed by atoms with Gasteiger partial charge in [0.15, 0.2) is 0 Å². The van der Waals surface area contributed by atoms with Crippen LogP contribution in [0, 0.1) is 21.4 Å². The molecule has 1 N–H and O–H groups in total. The Morgan fingerprint density at radius 3 is 2.92 bits per heavy atom. The average Bonchev–Trinajstić information content (AvgIpc) is 3.08. The highest BCUT2D eigenvalue weighted by Crippen LogP contribution is 2.34. The van der Waals surface area contributed by atoms with Crippen molar-refractivity contribution in [2.45, 2.75) is 12.5 Å². The first-order chi connectivity index (χ1) is 12.4. The maximum Gasteiger partial charge on any atom is 0.290 e. The second kappa shape index (κ2) is 8.94. The Bertz CT molecular complexity index is 748. The number of carbonyl (C=O) groups excluding carboxylic acids is 1. The zero-order chi connectivity index (χ0) is 19.1. The first-order valence-corrected chi connectivity index (χ1v) is 8.00. The van der Waals surface area contributed by atoms with Crippen LogP contribution >= 0.6 is 0 Å². The van der Waals surface area contributed by atoms with Crippen LogP contribution in [0.25, 0.3) is 0 Å². The van der Waals surface area contributed by atoms with Gasteiger partial charge in [-0.3, -0.25) is 14.9 Å². The van der Waals surface area contributed by atoms with Gasteiger partial charge >= 0.3 is 0 Å². The summed E-state index contributed by atoms with van der Waals surface area (Å²) in [7, 11) is 3.74. The third-order valence-electron chi connectivity index (χ3n) is 3.59. The fraction of sp³-hybridized carbons (Fsp3) is 0.412. The molecule has 1 aromatic carbocycles. The smallest absolute Gasteiger partial charge is 0.290 e. The lowest BCUT2D eigenvalue weighted by atomic mass is 10.1. The van der Waals surface area contributed by atoms with Gasteiger partial charge < -0.3 is 19.7 Å². The zero-order valence-corrected chi connectivity index (χ0v) is 14.6. The molecule has 9 heteroatoms. The highest BCUT2D eigenvalue weighted by molar-refractivity contribution is 6.00. The highest BCUT2D eigenvalue weighted by Gasteiger charge is 2.24. The van der Waals surface area contributed by atoms with E-state index in [4.69, 9.17) is 14.7 Å². The fourth-order valence-electron chi connectivity index (χ4n) is 2.34. The molecule has 2 rings (SSSR count). The number of hydrogen-bond acceptors (Lipinski definition) is 7. The van der Waals surface area contributed by atoms with Gasteiger partial charge in [0, 0.05) is 19.0 Å². The molecular formula is C17H20N4O5. The van der Waals surface area contributed by atoms with Crippen molar-refractivity contribution in [1.29, 1.82) is 5.26 Å². The molecule has 0 radical (unpaired) electrons. The van der Waals surface area contributed by atoms with E-state index in [0.29, 0.717) is 26.2 Å². The predicted molar refractivity (Wildman–Crippen MR) is 94.0 cm³/mol. The number of amides is 1. The highest BCUT2D eigenvalue weighted by atomic mass is 16.6. The molecule has 0 aromatic heterocycles. The van der Waals surface area contributed by atoms with Gasteiger partial charge in [0.2, 0.25) is 5.91 Å². The maximum absolute atomic E-state index is 12.1. The van der Waals surface area contributed by atoms with Gasteiger partial charge in [-0.05, 0) is 20.2 Å². The van der Waals surface area contributed by atoms with Crippen molar-refractivity contribution in [1.82, 2.24) is 4.90 Å². The summed E-state index contributed by atoms with van der Waals surface area (Å²) in [5.41, 5.74) is -0.321. The van der Waals surface area contributed by atoms with Crippen LogP contribution in [-0.4, -0.2) is 55.7 Å². The number of hydrogen-bond donors (Lipinski definition) is 1. The van der Waals surface area contributed by atoms with Crippen molar-refractivity contribution in [2.24, 2.45) is 0 Å². The number of ether oxygens (including phenoxy) is 2. The molecular weight excluding hydrogens is 340 g/mol. The Morgan fingerprint density at radius 1 is 1.58 bits per heavy atom. The van der Waals surface area contributed by atoms with Gasteiger partial charge in [-0.15, -0.1) is 0 Å². The first-order valence-electron chi connectivity index (χ1n) is 8.00. The molecule has 1 aliphatic heterocycles. The molecule has 9 nitrogen and oxygen atoms in total. The summed E-state index contributed by atoms with van der Waals surface area (Å²) in [4.78, 5) is 24.5. The first kappa shape index (κ1) is 19.4. The third kappa shape index (κ3) is 5.27. The average molecular weight is 360 g/mol. The zero-order valence-electron chi connectivity index (χ0n) is 14.6. The van der Waals surface area contributed by atoms with Gasteiger partial charge in [0.25, 0.3) is 5.69 Å². The Balaban J connectivity index is 2.28. The second-order valence-corrected chi connectivity index (χ2v) is 5.99. The SMILES string of the molecule is CN(C)CC=CC(=O)Nc1cc(C#N)c([N+](=O)[O-])cc1O[C@H]1CCOC1.